The van der Waals surface area contributed by atoms with E-state index in [1.54, 1.807) is 12.1 Å². The summed E-state index contributed by atoms with van der Waals surface area (Å²) in [6.07, 6.45) is 3.23. The number of nitrogens with one attached hydrogen (secondary N) is 1. The third-order valence-corrected chi connectivity index (χ3v) is 4.42. The van der Waals surface area contributed by atoms with Gasteiger partial charge in [0.05, 0.1) is 18.8 Å². The van der Waals surface area contributed by atoms with E-state index in [2.05, 4.69) is 10.3 Å². The Morgan fingerprint density at radius 2 is 2.40 bits per heavy atom. The number of nitrogens with zero attached hydrogens (tertiary/aromatic N) is 1. The second-order valence-corrected chi connectivity index (χ2v) is 5.77. The molecule has 3 rings (SSSR count). The molecule has 20 heavy (non-hydrogen) atoms. The first kappa shape index (κ1) is 13.9. The molecule has 0 radical (unpaired) electrons. The van der Waals surface area contributed by atoms with Crippen molar-refractivity contribution in [3.63, 3.8) is 0 Å². The van der Waals surface area contributed by atoms with E-state index in [0.29, 0.717) is 12.5 Å². The summed E-state index contributed by atoms with van der Waals surface area (Å²) in [5, 5.41) is 0. The minimum atomic E-state index is -0.206. The van der Waals surface area contributed by atoms with Gasteiger partial charge in [-0.2, -0.15) is 0 Å². The fraction of sp³-hybridized carbons (Fsp3) is 0.600. The van der Waals surface area contributed by atoms with Crippen molar-refractivity contribution in [2.45, 2.75) is 37.5 Å². The molecule has 0 spiro atoms. The van der Waals surface area contributed by atoms with Crippen LogP contribution in [0.1, 0.15) is 18.4 Å². The Hall–Kier alpha value is -1.01. The van der Waals surface area contributed by atoms with Gasteiger partial charge >= 0.3 is 0 Å². The number of hydrazine groups is 1. The Labute approximate surface area is 119 Å². The molecule has 3 atom stereocenters. The molecule has 2 heterocycles. The predicted octanol–water partition coefficient (Wildman–Crippen LogP) is 1.06. The summed E-state index contributed by atoms with van der Waals surface area (Å²) in [4.78, 5) is 2.49. The zero-order valence-corrected chi connectivity index (χ0v) is 11.6. The molecule has 3 N–H and O–H groups in total. The molecule has 2 aliphatic heterocycles. The summed E-state index contributed by atoms with van der Waals surface area (Å²) >= 11 is 0. The summed E-state index contributed by atoms with van der Waals surface area (Å²) in [5.41, 5.74) is 3.79. The average molecular weight is 279 g/mol. The maximum Gasteiger partial charge on any atom is 0.123 e. The highest BCUT2D eigenvalue weighted by Gasteiger charge is 2.35. The highest BCUT2D eigenvalue weighted by molar-refractivity contribution is 5.18. The van der Waals surface area contributed by atoms with Gasteiger partial charge in [0.15, 0.2) is 0 Å². The van der Waals surface area contributed by atoms with E-state index >= 15 is 0 Å². The van der Waals surface area contributed by atoms with E-state index in [0.717, 1.165) is 25.3 Å². The SMILES string of the molecule is NNC(Cc1cccc(F)c1)C1CN2CCCC2CO1. The van der Waals surface area contributed by atoms with E-state index in [-0.39, 0.29) is 18.0 Å². The van der Waals surface area contributed by atoms with Gasteiger partial charge in [0.2, 0.25) is 0 Å². The van der Waals surface area contributed by atoms with Crippen molar-refractivity contribution >= 4 is 0 Å². The van der Waals surface area contributed by atoms with Crippen LogP contribution in [-0.2, 0) is 11.2 Å². The van der Waals surface area contributed by atoms with Gasteiger partial charge in [-0.05, 0) is 43.5 Å². The summed E-state index contributed by atoms with van der Waals surface area (Å²) < 4.78 is 19.2. The van der Waals surface area contributed by atoms with E-state index in [4.69, 9.17) is 10.6 Å². The lowest BCUT2D eigenvalue weighted by Crippen LogP contribution is -2.56. The van der Waals surface area contributed by atoms with E-state index in [1.807, 2.05) is 6.07 Å². The molecule has 4 nitrogen and oxygen atoms in total. The first-order valence-electron chi connectivity index (χ1n) is 7.32. The molecule has 0 aromatic heterocycles. The molecule has 1 aromatic carbocycles. The van der Waals surface area contributed by atoms with Gasteiger partial charge in [-0.25, -0.2) is 4.39 Å². The van der Waals surface area contributed by atoms with E-state index < -0.39 is 0 Å². The van der Waals surface area contributed by atoms with Crippen LogP contribution in [0.5, 0.6) is 0 Å². The number of fused-ring (bicyclic) bond motifs is 1. The predicted molar refractivity (Wildman–Crippen MR) is 75.6 cm³/mol. The summed E-state index contributed by atoms with van der Waals surface area (Å²) in [6.45, 7) is 2.85. The molecule has 1 aromatic rings. The van der Waals surface area contributed by atoms with E-state index in [1.165, 1.54) is 18.9 Å². The molecular weight excluding hydrogens is 257 g/mol. The van der Waals surface area contributed by atoms with Gasteiger partial charge in [-0.3, -0.25) is 16.2 Å². The third kappa shape index (κ3) is 3.01. The summed E-state index contributed by atoms with van der Waals surface area (Å²) in [5.74, 6) is 5.48. The van der Waals surface area contributed by atoms with Crippen LogP contribution >= 0.6 is 0 Å². The van der Waals surface area contributed by atoms with Crippen molar-refractivity contribution in [3.8, 4) is 0 Å². The van der Waals surface area contributed by atoms with Gasteiger partial charge in [0, 0.05) is 12.6 Å². The number of benzene rings is 1. The van der Waals surface area contributed by atoms with E-state index in [9.17, 15) is 4.39 Å². The maximum atomic E-state index is 13.2. The number of hydrogen-bond acceptors (Lipinski definition) is 4. The Morgan fingerprint density at radius 3 is 3.20 bits per heavy atom. The summed E-state index contributed by atoms with van der Waals surface area (Å²) in [7, 11) is 0. The van der Waals surface area contributed by atoms with Crippen molar-refractivity contribution in [1.82, 2.24) is 10.3 Å². The van der Waals surface area contributed by atoms with Crippen LogP contribution in [0.3, 0.4) is 0 Å². The molecule has 0 bridgehead atoms. The fourth-order valence-corrected chi connectivity index (χ4v) is 3.30. The van der Waals surface area contributed by atoms with Crippen LogP contribution in [0.15, 0.2) is 24.3 Å². The fourth-order valence-electron chi connectivity index (χ4n) is 3.30. The third-order valence-electron chi connectivity index (χ3n) is 4.42. The topological polar surface area (TPSA) is 50.5 Å². The lowest BCUT2D eigenvalue weighted by molar-refractivity contribution is -0.0644. The molecule has 2 saturated heterocycles. The normalized spacial score (nSPS) is 28.3. The first-order chi connectivity index (χ1) is 9.76. The molecular formula is C15H22FN3O. The van der Waals surface area contributed by atoms with Gasteiger partial charge in [-0.15, -0.1) is 0 Å². The van der Waals surface area contributed by atoms with Crippen LogP contribution < -0.4 is 11.3 Å². The van der Waals surface area contributed by atoms with Crippen LogP contribution in [-0.4, -0.2) is 42.8 Å². The molecule has 2 aliphatic rings. The van der Waals surface area contributed by atoms with Gasteiger partial charge in [-0.1, -0.05) is 12.1 Å². The minimum Gasteiger partial charge on any atom is -0.374 e. The Morgan fingerprint density at radius 1 is 1.50 bits per heavy atom. The van der Waals surface area contributed by atoms with Crippen LogP contribution in [0.25, 0.3) is 0 Å². The number of morpholine rings is 1. The smallest absolute Gasteiger partial charge is 0.123 e. The highest BCUT2D eigenvalue weighted by atomic mass is 19.1. The summed E-state index contributed by atoms with van der Waals surface area (Å²) in [6, 6.07) is 7.27. The Balaban J connectivity index is 1.64. The van der Waals surface area contributed by atoms with Crippen molar-refractivity contribution in [1.29, 1.82) is 0 Å². The molecule has 0 saturated carbocycles. The number of hydrogen-bond donors (Lipinski definition) is 2. The number of rotatable bonds is 4. The second-order valence-electron chi connectivity index (χ2n) is 5.77. The van der Waals surface area contributed by atoms with Crippen molar-refractivity contribution in [2.75, 3.05) is 19.7 Å². The lowest BCUT2D eigenvalue weighted by Gasteiger charge is -2.38. The number of nitrogens with two attached hydrogens (primary N) is 1. The van der Waals surface area contributed by atoms with Crippen LogP contribution in [0.2, 0.25) is 0 Å². The van der Waals surface area contributed by atoms with Crippen LogP contribution in [0, 0.1) is 5.82 Å². The molecule has 5 heteroatoms. The second kappa shape index (κ2) is 6.18. The minimum absolute atomic E-state index is 0.0124. The maximum absolute atomic E-state index is 13.2. The largest absolute Gasteiger partial charge is 0.374 e. The van der Waals surface area contributed by atoms with Crippen molar-refractivity contribution < 1.29 is 9.13 Å². The van der Waals surface area contributed by atoms with Gasteiger partial charge in [0.25, 0.3) is 0 Å². The number of ether oxygens (including phenoxy) is 1. The zero-order valence-electron chi connectivity index (χ0n) is 11.6. The Kier molecular flexibility index (Phi) is 4.31. The van der Waals surface area contributed by atoms with Crippen molar-refractivity contribution in [3.05, 3.63) is 35.6 Å². The first-order valence-corrected chi connectivity index (χ1v) is 7.32. The molecule has 110 valence electrons. The molecule has 0 aliphatic carbocycles. The molecule has 3 unspecified atom stereocenters. The highest BCUT2D eigenvalue weighted by Crippen LogP contribution is 2.24. The average Bonchev–Trinajstić information content (AvgIpc) is 2.92. The van der Waals surface area contributed by atoms with Crippen molar-refractivity contribution in [2.24, 2.45) is 5.84 Å². The Bertz CT molecular complexity index is 456. The zero-order chi connectivity index (χ0) is 13.9. The molecule has 0 amide bonds. The van der Waals surface area contributed by atoms with Gasteiger partial charge in [0.1, 0.15) is 5.82 Å². The molecule has 2 fully saturated rings. The monoisotopic (exact) mass is 279 g/mol. The lowest BCUT2D eigenvalue weighted by atomic mass is 10.00. The van der Waals surface area contributed by atoms with Gasteiger partial charge < -0.3 is 4.74 Å². The quantitative estimate of drug-likeness (QED) is 0.639. The number of halogens is 1. The standard InChI is InChI=1S/C15H22FN3O/c16-12-4-1-3-11(7-12)8-14(18-17)15-9-19-6-2-5-13(19)10-20-15/h1,3-4,7,13-15,18H,2,5-6,8-10,17H2. The van der Waals surface area contributed by atoms with Crippen LogP contribution in [0.4, 0.5) is 4.39 Å².